The third-order valence-corrected chi connectivity index (χ3v) is 4.68. The summed E-state index contributed by atoms with van der Waals surface area (Å²) in [6.07, 6.45) is 1.72. The van der Waals surface area contributed by atoms with Crippen molar-refractivity contribution in [2.24, 2.45) is 0 Å². The molecule has 0 fully saturated rings. The monoisotopic (exact) mass is 383 g/mol. The molecule has 2 aromatic heterocycles. The van der Waals surface area contributed by atoms with Crippen LogP contribution in [-0.4, -0.2) is 38.0 Å². The van der Waals surface area contributed by atoms with E-state index in [0.717, 1.165) is 17.1 Å². The van der Waals surface area contributed by atoms with Crippen LogP contribution in [0.2, 0.25) is 0 Å². The summed E-state index contributed by atoms with van der Waals surface area (Å²) in [6.45, 7) is 5.25. The fourth-order valence-electron chi connectivity index (χ4n) is 2.49. The minimum atomic E-state index is -0.103. The molecule has 0 atom stereocenters. The molecule has 0 aliphatic carbocycles. The Morgan fingerprint density at radius 1 is 1.15 bits per heavy atom. The van der Waals surface area contributed by atoms with Crippen molar-refractivity contribution in [1.29, 1.82) is 0 Å². The van der Waals surface area contributed by atoms with Gasteiger partial charge >= 0.3 is 0 Å². The van der Waals surface area contributed by atoms with Gasteiger partial charge in [-0.05, 0) is 50.2 Å². The summed E-state index contributed by atoms with van der Waals surface area (Å²) in [6, 6.07) is 13.0. The molecule has 7 nitrogen and oxygen atoms in total. The molecule has 0 unspecified atom stereocenters. The van der Waals surface area contributed by atoms with E-state index >= 15 is 0 Å². The number of hydrogen-bond donors (Lipinski definition) is 1. The molecule has 0 aliphatic rings. The Kier molecular flexibility index (Phi) is 6.43. The van der Waals surface area contributed by atoms with Gasteiger partial charge in [0.15, 0.2) is 11.0 Å². The summed E-state index contributed by atoms with van der Waals surface area (Å²) in [4.78, 5) is 16.6. The maximum atomic E-state index is 12.2. The van der Waals surface area contributed by atoms with Crippen molar-refractivity contribution < 1.29 is 9.53 Å². The summed E-state index contributed by atoms with van der Waals surface area (Å²) in [5.74, 6) is 1.62. The van der Waals surface area contributed by atoms with E-state index in [1.165, 1.54) is 11.8 Å². The minimum absolute atomic E-state index is 0.103. The summed E-state index contributed by atoms with van der Waals surface area (Å²) in [5.41, 5.74) is 1.49. The quantitative estimate of drug-likeness (QED) is 0.600. The van der Waals surface area contributed by atoms with Crippen molar-refractivity contribution in [1.82, 2.24) is 19.7 Å². The highest BCUT2D eigenvalue weighted by atomic mass is 32.2. The molecule has 0 bridgehead atoms. The number of benzene rings is 1. The highest BCUT2D eigenvalue weighted by Gasteiger charge is 2.15. The number of nitrogens with one attached hydrogen (secondary N) is 1. The van der Waals surface area contributed by atoms with Crippen molar-refractivity contribution in [3.63, 3.8) is 0 Å². The van der Waals surface area contributed by atoms with Crippen LogP contribution < -0.4 is 10.1 Å². The number of rotatable bonds is 8. The highest BCUT2D eigenvalue weighted by molar-refractivity contribution is 7.99. The summed E-state index contributed by atoms with van der Waals surface area (Å²) >= 11 is 1.35. The van der Waals surface area contributed by atoms with Crippen molar-refractivity contribution in [2.45, 2.75) is 25.5 Å². The van der Waals surface area contributed by atoms with Gasteiger partial charge in [-0.25, -0.2) is 0 Å². The van der Waals surface area contributed by atoms with Crippen molar-refractivity contribution >= 4 is 23.4 Å². The normalized spacial score (nSPS) is 10.6. The molecule has 1 N–H and O–H groups in total. The van der Waals surface area contributed by atoms with Gasteiger partial charge in [0.2, 0.25) is 5.91 Å². The zero-order valence-electron chi connectivity index (χ0n) is 15.3. The molecule has 27 heavy (non-hydrogen) atoms. The van der Waals surface area contributed by atoms with Crippen LogP contribution in [0.5, 0.6) is 5.75 Å². The predicted octanol–water partition coefficient (Wildman–Crippen LogP) is 3.49. The number of carbonyl (C=O) groups is 1. The van der Waals surface area contributed by atoms with E-state index in [9.17, 15) is 4.79 Å². The number of hydrogen-bond acceptors (Lipinski definition) is 6. The van der Waals surface area contributed by atoms with Crippen LogP contribution in [0, 0.1) is 0 Å². The van der Waals surface area contributed by atoms with E-state index in [0.29, 0.717) is 24.1 Å². The molecule has 8 heteroatoms. The smallest absolute Gasteiger partial charge is 0.234 e. The Labute approximate surface area is 162 Å². The van der Waals surface area contributed by atoms with Gasteiger partial charge < -0.3 is 14.6 Å². The van der Waals surface area contributed by atoms with Gasteiger partial charge in [-0.15, -0.1) is 10.2 Å². The van der Waals surface area contributed by atoms with E-state index in [2.05, 4.69) is 20.5 Å². The maximum Gasteiger partial charge on any atom is 0.234 e. The van der Waals surface area contributed by atoms with Crippen LogP contribution >= 0.6 is 11.8 Å². The number of amides is 1. The van der Waals surface area contributed by atoms with E-state index in [1.54, 1.807) is 6.20 Å². The first-order valence-corrected chi connectivity index (χ1v) is 9.70. The lowest BCUT2D eigenvalue weighted by Crippen LogP contribution is -2.14. The number of ether oxygens (including phenoxy) is 1. The van der Waals surface area contributed by atoms with Crippen molar-refractivity contribution in [2.75, 3.05) is 17.7 Å². The lowest BCUT2D eigenvalue weighted by atomic mass is 10.3. The van der Waals surface area contributed by atoms with Crippen LogP contribution in [0.15, 0.2) is 53.8 Å². The van der Waals surface area contributed by atoms with Crippen molar-refractivity contribution in [3.8, 4) is 17.3 Å². The Morgan fingerprint density at radius 2 is 1.96 bits per heavy atom. The van der Waals surface area contributed by atoms with Gasteiger partial charge in [0.05, 0.1) is 12.4 Å². The van der Waals surface area contributed by atoms with E-state index < -0.39 is 0 Å². The van der Waals surface area contributed by atoms with E-state index in [-0.39, 0.29) is 11.7 Å². The van der Waals surface area contributed by atoms with Crippen LogP contribution in [0.1, 0.15) is 13.8 Å². The molecular formula is C19H21N5O2S. The van der Waals surface area contributed by atoms with Crippen LogP contribution in [-0.2, 0) is 11.3 Å². The van der Waals surface area contributed by atoms with Crippen LogP contribution in [0.25, 0.3) is 11.5 Å². The van der Waals surface area contributed by atoms with Gasteiger partial charge in [-0.1, -0.05) is 17.8 Å². The molecule has 1 amide bonds. The fourth-order valence-corrected chi connectivity index (χ4v) is 3.30. The molecule has 140 valence electrons. The van der Waals surface area contributed by atoms with E-state index in [4.69, 9.17) is 4.74 Å². The first-order valence-electron chi connectivity index (χ1n) is 8.71. The second kappa shape index (κ2) is 9.18. The van der Waals surface area contributed by atoms with Gasteiger partial charge in [0.25, 0.3) is 0 Å². The average molecular weight is 383 g/mol. The molecule has 2 heterocycles. The number of aromatic nitrogens is 4. The zero-order chi connectivity index (χ0) is 19.1. The van der Waals surface area contributed by atoms with Gasteiger partial charge in [0.1, 0.15) is 11.4 Å². The standard InChI is InChI=1S/C19H21N5O2S/c1-3-24-18(16-7-5-6-12-20-16)22-23-19(24)27-13-17(25)21-14-8-10-15(11-9-14)26-4-2/h5-12H,3-4,13H2,1-2H3,(H,21,25). The lowest BCUT2D eigenvalue weighted by Gasteiger charge is -2.08. The minimum Gasteiger partial charge on any atom is -0.494 e. The fraction of sp³-hybridized carbons (Fsp3) is 0.263. The number of anilines is 1. The number of carbonyl (C=O) groups excluding carboxylic acids is 1. The van der Waals surface area contributed by atoms with Crippen LogP contribution in [0.4, 0.5) is 5.69 Å². The number of pyridine rings is 1. The topological polar surface area (TPSA) is 81.9 Å². The summed E-state index contributed by atoms with van der Waals surface area (Å²) < 4.78 is 7.35. The predicted molar refractivity (Wildman–Crippen MR) is 106 cm³/mol. The maximum absolute atomic E-state index is 12.2. The first kappa shape index (κ1) is 18.9. The molecule has 3 aromatic rings. The number of thioether (sulfide) groups is 1. The van der Waals surface area contributed by atoms with Gasteiger partial charge in [0, 0.05) is 18.4 Å². The highest BCUT2D eigenvalue weighted by Crippen LogP contribution is 2.23. The molecule has 3 rings (SSSR count). The lowest BCUT2D eigenvalue weighted by molar-refractivity contribution is -0.113. The van der Waals surface area contributed by atoms with Gasteiger partial charge in [-0.2, -0.15) is 0 Å². The second-order valence-electron chi connectivity index (χ2n) is 5.56. The van der Waals surface area contributed by atoms with Crippen LogP contribution in [0.3, 0.4) is 0 Å². The molecule has 0 radical (unpaired) electrons. The first-order chi connectivity index (χ1) is 13.2. The Hall–Kier alpha value is -2.87. The molecule has 0 saturated heterocycles. The Morgan fingerprint density at radius 3 is 2.63 bits per heavy atom. The largest absolute Gasteiger partial charge is 0.494 e. The Balaban J connectivity index is 1.61. The third-order valence-electron chi connectivity index (χ3n) is 3.71. The van der Waals surface area contributed by atoms with Crippen molar-refractivity contribution in [3.05, 3.63) is 48.7 Å². The molecule has 1 aromatic carbocycles. The molecule has 0 aliphatic heterocycles. The Bertz CT molecular complexity index is 881. The average Bonchev–Trinajstić information content (AvgIpc) is 3.12. The molecule has 0 saturated carbocycles. The SMILES string of the molecule is CCOc1ccc(NC(=O)CSc2nnc(-c3ccccn3)n2CC)cc1. The number of nitrogens with zero attached hydrogens (tertiary/aromatic N) is 4. The third kappa shape index (κ3) is 4.85. The zero-order valence-corrected chi connectivity index (χ0v) is 16.1. The second-order valence-corrected chi connectivity index (χ2v) is 6.50. The van der Waals surface area contributed by atoms with E-state index in [1.807, 2.05) is 60.9 Å². The molecular weight excluding hydrogens is 362 g/mol. The summed E-state index contributed by atoms with van der Waals surface area (Å²) in [5, 5.41) is 12.0. The van der Waals surface area contributed by atoms with Gasteiger partial charge in [-0.3, -0.25) is 9.78 Å². The summed E-state index contributed by atoms with van der Waals surface area (Å²) in [7, 11) is 0. The molecule has 0 spiro atoms.